The first-order valence-corrected chi connectivity index (χ1v) is 12.9. The number of carbonyl (C=O) groups is 2. The van der Waals surface area contributed by atoms with Crippen molar-refractivity contribution in [3.05, 3.63) is 107 Å². The van der Waals surface area contributed by atoms with Gasteiger partial charge in [-0.25, -0.2) is 0 Å². The smallest absolute Gasteiger partial charge is 0.317 e. The number of phenols is 1. The Morgan fingerprint density at radius 2 is 1.72 bits per heavy atom. The zero-order valence-electron chi connectivity index (χ0n) is 21.1. The standard InChI is InChI=1S/C32H25NO6/c1-37-32(36)29-22(19-9-13-25-26(14-19)39-16-38-25)15-24-30(31(29)35)27(18-6-10-20(34)11-7-18)28-21-5-3-2-4-17(21)8-12-23(28)33-24/h2-14,22,27,29,33-34H,15-16H2,1H3/t22-,27-,29-/m1/s1. The lowest BCUT2D eigenvalue weighted by Crippen LogP contribution is -2.40. The minimum Gasteiger partial charge on any atom is -0.508 e. The summed E-state index contributed by atoms with van der Waals surface area (Å²) in [5.74, 6) is -1.36. The Bertz CT molecular complexity index is 1690. The van der Waals surface area contributed by atoms with E-state index in [1.54, 1.807) is 12.1 Å². The summed E-state index contributed by atoms with van der Waals surface area (Å²) in [6.07, 6.45) is 0.432. The van der Waals surface area contributed by atoms with Crippen LogP contribution in [0.25, 0.3) is 10.8 Å². The van der Waals surface area contributed by atoms with Crippen LogP contribution in [0.3, 0.4) is 0 Å². The number of hydrogen-bond donors (Lipinski definition) is 2. The van der Waals surface area contributed by atoms with Crippen LogP contribution in [0.1, 0.15) is 34.9 Å². The van der Waals surface area contributed by atoms with Crippen molar-refractivity contribution in [1.29, 1.82) is 0 Å². The van der Waals surface area contributed by atoms with Gasteiger partial charge in [-0.15, -0.1) is 0 Å². The van der Waals surface area contributed by atoms with Crippen LogP contribution in [-0.4, -0.2) is 30.8 Å². The number of ether oxygens (including phenoxy) is 3. The molecule has 39 heavy (non-hydrogen) atoms. The molecule has 3 aliphatic rings. The fourth-order valence-electron chi connectivity index (χ4n) is 6.26. The summed E-state index contributed by atoms with van der Waals surface area (Å²) < 4.78 is 16.2. The van der Waals surface area contributed by atoms with Crippen LogP contribution in [0, 0.1) is 5.92 Å². The number of aromatic hydroxyl groups is 1. The second-order valence-electron chi connectivity index (χ2n) is 10.1. The van der Waals surface area contributed by atoms with E-state index in [1.807, 2.05) is 54.6 Å². The quantitative estimate of drug-likeness (QED) is 0.268. The molecular formula is C32H25NO6. The average molecular weight is 520 g/mol. The number of ketones is 1. The van der Waals surface area contributed by atoms with Crippen LogP contribution in [-0.2, 0) is 14.3 Å². The van der Waals surface area contributed by atoms with Crippen molar-refractivity contribution >= 4 is 28.2 Å². The molecule has 1 aliphatic carbocycles. The number of carbonyl (C=O) groups excluding carboxylic acids is 2. The molecule has 4 aromatic carbocycles. The maximum absolute atomic E-state index is 14.5. The number of esters is 1. The number of allylic oxidation sites excluding steroid dienone is 2. The molecule has 0 radical (unpaired) electrons. The van der Waals surface area contributed by atoms with Gasteiger partial charge in [0.15, 0.2) is 17.3 Å². The minimum absolute atomic E-state index is 0.138. The first-order chi connectivity index (χ1) is 19.0. The number of fused-ring (bicyclic) bond motifs is 4. The monoisotopic (exact) mass is 519 g/mol. The second-order valence-corrected chi connectivity index (χ2v) is 10.1. The molecule has 0 saturated heterocycles. The second kappa shape index (κ2) is 8.91. The van der Waals surface area contributed by atoms with Gasteiger partial charge in [0.1, 0.15) is 11.7 Å². The largest absolute Gasteiger partial charge is 0.508 e. The van der Waals surface area contributed by atoms with E-state index in [9.17, 15) is 14.7 Å². The molecule has 0 fully saturated rings. The summed E-state index contributed by atoms with van der Waals surface area (Å²) in [6, 6.07) is 24.7. The Balaban J connectivity index is 1.44. The highest BCUT2D eigenvalue weighted by Gasteiger charge is 2.48. The summed E-state index contributed by atoms with van der Waals surface area (Å²) in [5, 5.41) is 15.6. The van der Waals surface area contributed by atoms with Gasteiger partial charge in [-0.2, -0.15) is 0 Å². The summed E-state index contributed by atoms with van der Waals surface area (Å²) in [5.41, 5.74) is 4.88. The van der Waals surface area contributed by atoms with E-state index in [-0.39, 0.29) is 18.3 Å². The van der Waals surface area contributed by atoms with Gasteiger partial charge < -0.3 is 24.6 Å². The lowest BCUT2D eigenvalue weighted by atomic mass is 9.66. The number of nitrogens with one attached hydrogen (secondary N) is 1. The SMILES string of the molecule is COC(=O)[C@H]1C(=O)C2=C(C[C@@H]1c1ccc3c(c1)OCO3)Nc1ccc3ccccc3c1[C@H]2c1ccc(O)cc1. The van der Waals surface area contributed by atoms with Crippen molar-refractivity contribution in [2.24, 2.45) is 5.92 Å². The maximum atomic E-state index is 14.5. The van der Waals surface area contributed by atoms with Gasteiger partial charge in [0.2, 0.25) is 6.79 Å². The third-order valence-corrected chi connectivity index (χ3v) is 8.04. The van der Waals surface area contributed by atoms with Crippen molar-refractivity contribution in [3.8, 4) is 17.2 Å². The lowest BCUT2D eigenvalue weighted by Gasteiger charge is -2.40. The molecule has 0 aromatic heterocycles. The van der Waals surface area contributed by atoms with E-state index in [2.05, 4.69) is 17.4 Å². The van der Waals surface area contributed by atoms with E-state index in [4.69, 9.17) is 14.2 Å². The van der Waals surface area contributed by atoms with Crippen molar-refractivity contribution in [2.75, 3.05) is 19.2 Å². The zero-order chi connectivity index (χ0) is 26.7. The number of Topliss-reactive ketones (excluding diaryl/α,β-unsaturated/α-hetero) is 1. The van der Waals surface area contributed by atoms with Crippen LogP contribution in [0.4, 0.5) is 5.69 Å². The molecule has 0 unspecified atom stereocenters. The van der Waals surface area contributed by atoms with Crippen LogP contribution in [0.15, 0.2) is 90.1 Å². The van der Waals surface area contributed by atoms with E-state index in [1.165, 1.54) is 7.11 Å². The molecule has 7 heteroatoms. The summed E-state index contributed by atoms with van der Waals surface area (Å²) in [4.78, 5) is 27.7. The van der Waals surface area contributed by atoms with Crippen LogP contribution >= 0.6 is 0 Å². The van der Waals surface area contributed by atoms with Gasteiger partial charge in [-0.05, 0) is 64.2 Å². The number of methoxy groups -OCH3 is 1. The number of rotatable bonds is 3. The van der Waals surface area contributed by atoms with Gasteiger partial charge in [-0.1, -0.05) is 48.5 Å². The third-order valence-electron chi connectivity index (χ3n) is 8.04. The lowest BCUT2D eigenvalue weighted by molar-refractivity contribution is -0.149. The molecule has 194 valence electrons. The highest BCUT2D eigenvalue weighted by atomic mass is 16.7. The summed E-state index contributed by atoms with van der Waals surface area (Å²) >= 11 is 0. The fraction of sp³-hybridized carbons (Fsp3) is 0.188. The van der Waals surface area contributed by atoms with Crippen molar-refractivity contribution < 1.29 is 28.9 Å². The van der Waals surface area contributed by atoms with E-state index in [0.717, 1.165) is 38.8 Å². The summed E-state index contributed by atoms with van der Waals surface area (Å²) in [6.45, 7) is 0.138. The van der Waals surface area contributed by atoms with Gasteiger partial charge in [-0.3, -0.25) is 9.59 Å². The van der Waals surface area contributed by atoms with Gasteiger partial charge >= 0.3 is 5.97 Å². The van der Waals surface area contributed by atoms with Crippen molar-refractivity contribution in [2.45, 2.75) is 18.3 Å². The topological polar surface area (TPSA) is 94.1 Å². The highest BCUT2D eigenvalue weighted by molar-refractivity contribution is 6.13. The fourth-order valence-corrected chi connectivity index (χ4v) is 6.26. The number of anilines is 1. The Labute approximate surface area is 224 Å². The number of benzene rings is 4. The maximum Gasteiger partial charge on any atom is 0.317 e. The molecule has 2 heterocycles. The van der Waals surface area contributed by atoms with E-state index >= 15 is 0 Å². The van der Waals surface area contributed by atoms with Gasteiger partial charge in [0, 0.05) is 28.8 Å². The summed E-state index contributed by atoms with van der Waals surface area (Å²) in [7, 11) is 1.32. The first-order valence-electron chi connectivity index (χ1n) is 12.9. The van der Waals surface area contributed by atoms with Gasteiger partial charge in [0.05, 0.1) is 7.11 Å². The number of phenolic OH excluding ortho intramolecular Hbond substituents is 1. The predicted molar refractivity (Wildman–Crippen MR) is 145 cm³/mol. The Morgan fingerprint density at radius 3 is 2.54 bits per heavy atom. The van der Waals surface area contributed by atoms with E-state index < -0.39 is 23.7 Å². The molecule has 7 nitrogen and oxygen atoms in total. The van der Waals surface area contributed by atoms with E-state index in [0.29, 0.717) is 23.5 Å². The molecule has 0 bridgehead atoms. The Kier molecular flexibility index (Phi) is 5.33. The minimum atomic E-state index is -1.02. The first kappa shape index (κ1) is 23.3. The molecule has 0 spiro atoms. The molecular weight excluding hydrogens is 494 g/mol. The average Bonchev–Trinajstić information content (AvgIpc) is 3.44. The molecule has 0 amide bonds. The zero-order valence-corrected chi connectivity index (χ0v) is 21.1. The third kappa shape index (κ3) is 3.65. The van der Waals surface area contributed by atoms with Crippen molar-refractivity contribution in [1.82, 2.24) is 0 Å². The molecule has 2 N–H and O–H groups in total. The number of hydrogen-bond acceptors (Lipinski definition) is 7. The Morgan fingerprint density at radius 1 is 0.949 bits per heavy atom. The predicted octanol–water partition coefficient (Wildman–Crippen LogP) is 5.63. The normalized spacial score (nSPS) is 21.3. The van der Waals surface area contributed by atoms with Crippen LogP contribution < -0.4 is 14.8 Å². The molecule has 2 aliphatic heterocycles. The van der Waals surface area contributed by atoms with Crippen LogP contribution in [0.2, 0.25) is 0 Å². The molecule has 0 saturated carbocycles. The van der Waals surface area contributed by atoms with Gasteiger partial charge in [0.25, 0.3) is 0 Å². The highest BCUT2D eigenvalue weighted by Crippen LogP contribution is 2.52. The molecule has 4 aromatic rings. The Hall–Kier alpha value is -4.78. The van der Waals surface area contributed by atoms with Crippen molar-refractivity contribution in [3.63, 3.8) is 0 Å². The molecule has 3 atom stereocenters. The molecule has 7 rings (SSSR count). The van der Waals surface area contributed by atoms with Crippen LogP contribution in [0.5, 0.6) is 17.2 Å².